The summed E-state index contributed by atoms with van der Waals surface area (Å²) in [5.41, 5.74) is 0.741. The van der Waals surface area contributed by atoms with E-state index in [1.165, 1.54) is 42.3 Å². The number of hydrogen-bond acceptors (Lipinski definition) is 5. The fourth-order valence-corrected chi connectivity index (χ4v) is 6.29. The molecule has 0 aromatic heterocycles. The second-order valence-corrected chi connectivity index (χ2v) is 12.8. The molecule has 0 bridgehead atoms. The maximum absolute atomic E-state index is 14.2. The van der Waals surface area contributed by atoms with Crippen LogP contribution in [-0.4, -0.2) is 50.9 Å². The van der Waals surface area contributed by atoms with Crippen molar-refractivity contribution < 1.29 is 22.7 Å². The lowest BCUT2D eigenvalue weighted by molar-refractivity contribution is -0.140. The molecule has 3 aromatic rings. The van der Waals surface area contributed by atoms with Crippen LogP contribution in [0.3, 0.4) is 0 Å². The van der Waals surface area contributed by atoms with Crippen molar-refractivity contribution in [2.75, 3.05) is 18.0 Å². The minimum absolute atomic E-state index is 0.0484. The summed E-state index contributed by atoms with van der Waals surface area (Å²) in [4.78, 5) is 28.8. The van der Waals surface area contributed by atoms with E-state index in [4.69, 9.17) is 39.5 Å². The van der Waals surface area contributed by atoms with Gasteiger partial charge in [0.15, 0.2) is 0 Å². The lowest BCUT2D eigenvalue weighted by atomic mass is 10.1. The van der Waals surface area contributed by atoms with Crippen molar-refractivity contribution in [1.82, 2.24) is 10.2 Å². The third-order valence-electron chi connectivity index (χ3n) is 6.77. The molecule has 0 saturated heterocycles. The van der Waals surface area contributed by atoms with Gasteiger partial charge in [-0.05, 0) is 79.9 Å². The second kappa shape index (κ2) is 15.0. The van der Waals surface area contributed by atoms with E-state index >= 15 is 0 Å². The molecule has 0 radical (unpaired) electrons. The van der Waals surface area contributed by atoms with Gasteiger partial charge in [-0.1, -0.05) is 60.8 Å². The van der Waals surface area contributed by atoms with Crippen molar-refractivity contribution >= 4 is 62.3 Å². The first-order valence-electron chi connectivity index (χ1n) is 13.4. The Balaban J connectivity index is 2.09. The number of amides is 2. The fraction of sp³-hybridized carbons (Fsp3) is 0.333. The summed E-state index contributed by atoms with van der Waals surface area (Å²) in [5.74, 6) is -0.481. The molecule has 12 heteroatoms. The molecule has 2 amide bonds. The number of anilines is 1. The van der Waals surface area contributed by atoms with Crippen molar-refractivity contribution in [3.63, 3.8) is 0 Å². The molecule has 0 aliphatic heterocycles. The summed E-state index contributed by atoms with van der Waals surface area (Å²) in [6.07, 6.45) is 0.976. The van der Waals surface area contributed by atoms with Crippen LogP contribution in [0.1, 0.15) is 39.2 Å². The monoisotopic (exact) mass is 653 g/mol. The number of nitrogens with one attached hydrogen (secondary N) is 1. The molecule has 226 valence electrons. The van der Waals surface area contributed by atoms with Gasteiger partial charge in [0.05, 0.1) is 17.7 Å². The minimum atomic E-state index is -4.26. The number of halogens is 3. The largest absolute Gasteiger partial charge is 0.497 e. The number of ether oxygens (including phenoxy) is 1. The van der Waals surface area contributed by atoms with E-state index in [1.807, 2.05) is 13.8 Å². The molecule has 0 heterocycles. The van der Waals surface area contributed by atoms with E-state index < -0.39 is 28.5 Å². The first-order valence-corrected chi connectivity index (χ1v) is 15.9. The van der Waals surface area contributed by atoms with E-state index in [9.17, 15) is 18.0 Å². The van der Waals surface area contributed by atoms with Crippen LogP contribution >= 0.6 is 34.8 Å². The minimum Gasteiger partial charge on any atom is -0.497 e. The van der Waals surface area contributed by atoms with Gasteiger partial charge in [0, 0.05) is 27.7 Å². The zero-order valence-corrected chi connectivity index (χ0v) is 26.9. The summed E-state index contributed by atoms with van der Waals surface area (Å²) in [5, 5.41) is 3.96. The standard InChI is InChI=1S/C30H34Cl3N3O5S/c1-5-20(3)34-30(38)28(6-2)35(18-21-10-11-23(32)17-27(21)33)29(37)19-36(24-9-7-8-22(31)16-24)42(39,40)26-14-12-25(41-4)13-15-26/h7-17,20,28H,5-6,18-19H2,1-4H3,(H,34,38)/t20-,28-/m1/s1. The van der Waals surface area contributed by atoms with Crippen molar-refractivity contribution in [2.24, 2.45) is 0 Å². The van der Waals surface area contributed by atoms with E-state index in [0.29, 0.717) is 32.8 Å². The predicted octanol–water partition coefficient (Wildman–Crippen LogP) is 6.57. The van der Waals surface area contributed by atoms with Crippen LogP contribution in [0.15, 0.2) is 71.6 Å². The Morgan fingerprint density at radius 1 is 0.929 bits per heavy atom. The number of sulfonamides is 1. The molecule has 3 aromatic carbocycles. The van der Waals surface area contributed by atoms with Crippen molar-refractivity contribution in [3.8, 4) is 5.75 Å². The van der Waals surface area contributed by atoms with Gasteiger partial charge in [0.25, 0.3) is 10.0 Å². The van der Waals surface area contributed by atoms with Gasteiger partial charge in [-0.15, -0.1) is 0 Å². The van der Waals surface area contributed by atoms with Gasteiger partial charge < -0.3 is 15.0 Å². The van der Waals surface area contributed by atoms with E-state index in [2.05, 4.69) is 5.32 Å². The predicted molar refractivity (Wildman–Crippen MR) is 168 cm³/mol. The Morgan fingerprint density at radius 2 is 1.60 bits per heavy atom. The number of nitrogens with zero attached hydrogens (tertiary/aromatic N) is 2. The van der Waals surface area contributed by atoms with Crippen LogP contribution in [0.25, 0.3) is 0 Å². The summed E-state index contributed by atoms with van der Waals surface area (Å²) in [7, 11) is -2.78. The molecule has 3 rings (SSSR count). The van der Waals surface area contributed by atoms with E-state index in [1.54, 1.807) is 43.3 Å². The Labute approximate surface area is 262 Å². The Bertz CT molecular complexity index is 1500. The molecule has 8 nitrogen and oxygen atoms in total. The lowest BCUT2D eigenvalue weighted by Crippen LogP contribution is -2.53. The average molecular weight is 655 g/mol. The highest BCUT2D eigenvalue weighted by molar-refractivity contribution is 7.92. The van der Waals surface area contributed by atoms with Crippen molar-refractivity contribution in [2.45, 2.75) is 57.1 Å². The maximum Gasteiger partial charge on any atom is 0.264 e. The molecule has 0 aliphatic carbocycles. The number of carbonyl (C=O) groups is 2. The highest BCUT2D eigenvalue weighted by Gasteiger charge is 2.34. The molecule has 0 spiro atoms. The van der Waals surface area contributed by atoms with E-state index in [-0.39, 0.29) is 35.5 Å². The Kier molecular flexibility index (Phi) is 11.9. The smallest absolute Gasteiger partial charge is 0.264 e. The molecule has 0 fully saturated rings. The molecule has 42 heavy (non-hydrogen) atoms. The van der Waals surface area contributed by atoms with Gasteiger partial charge in [0.2, 0.25) is 11.8 Å². The molecular formula is C30H34Cl3N3O5S. The van der Waals surface area contributed by atoms with Crippen molar-refractivity contribution in [3.05, 3.63) is 87.4 Å². The zero-order valence-electron chi connectivity index (χ0n) is 23.8. The lowest BCUT2D eigenvalue weighted by Gasteiger charge is -2.34. The third kappa shape index (κ3) is 8.31. The van der Waals surface area contributed by atoms with Crippen molar-refractivity contribution in [1.29, 1.82) is 0 Å². The zero-order chi connectivity index (χ0) is 31.0. The number of rotatable bonds is 13. The normalized spacial score (nSPS) is 12.7. The molecule has 0 aliphatic rings. The average Bonchev–Trinajstić information content (AvgIpc) is 2.96. The first-order chi connectivity index (χ1) is 19.9. The van der Waals surface area contributed by atoms with Crippen LogP contribution in [0, 0.1) is 0 Å². The molecular weight excluding hydrogens is 621 g/mol. The van der Waals surface area contributed by atoms with Crippen LogP contribution < -0.4 is 14.4 Å². The molecule has 0 saturated carbocycles. The van der Waals surface area contributed by atoms with Crippen LogP contribution in [0.2, 0.25) is 15.1 Å². The van der Waals surface area contributed by atoms with Gasteiger partial charge in [-0.25, -0.2) is 8.42 Å². The van der Waals surface area contributed by atoms with Crippen LogP contribution in [-0.2, 0) is 26.2 Å². The summed E-state index contributed by atoms with van der Waals surface area (Å²) in [6.45, 7) is 4.94. The Morgan fingerprint density at radius 3 is 2.17 bits per heavy atom. The molecule has 1 N–H and O–H groups in total. The number of methoxy groups -OCH3 is 1. The van der Waals surface area contributed by atoms with Crippen LogP contribution in [0.4, 0.5) is 5.69 Å². The van der Waals surface area contributed by atoms with Gasteiger partial charge >= 0.3 is 0 Å². The Hall–Kier alpha value is -2.98. The maximum atomic E-state index is 14.2. The number of hydrogen-bond donors (Lipinski definition) is 1. The highest BCUT2D eigenvalue weighted by Crippen LogP contribution is 2.29. The summed E-state index contributed by atoms with van der Waals surface area (Å²) < 4.78 is 34.1. The third-order valence-corrected chi connectivity index (χ3v) is 9.38. The van der Waals surface area contributed by atoms with Crippen LogP contribution in [0.5, 0.6) is 5.75 Å². The first kappa shape index (κ1) is 33.5. The number of benzene rings is 3. The SMILES string of the molecule is CC[C@@H](C)NC(=O)[C@@H](CC)N(Cc1ccc(Cl)cc1Cl)C(=O)CN(c1cccc(Cl)c1)S(=O)(=O)c1ccc(OC)cc1. The number of carbonyl (C=O) groups excluding carboxylic acids is 2. The fourth-order valence-electron chi connectivity index (χ4n) is 4.23. The summed E-state index contributed by atoms with van der Waals surface area (Å²) >= 11 is 18.8. The molecule has 2 atom stereocenters. The van der Waals surface area contributed by atoms with E-state index in [0.717, 1.165) is 4.31 Å². The summed E-state index contributed by atoms with van der Waals surface area (Å²) in [6, 6.07) is 15.9. The van der Waals surface area contributed by atoms with Gasteiger partial charge in [0.1, 0.15) is 18.3 Å². The van der Waals surface area contributed by atoms with Gasteiger partial charge in [-0.3, -0.25) is 13.9 Å². The topological polar surface area (TPSA) is 96.0 Å². The molecule has 0 unspecified atom stereocenters. The quantitative estimate of drug-likeness (QED) is 0.225. The highest BCUT2D eigenvalue weighted by atomic mass is 35.5. The second-order valence-electron chi connectivity index (χ2n) is 9.67. The van der Waals surface area contributed by atoms with Gasteiger partial charge in [-0.2, -0.15) is 0 Å².